The largest absolute Gasteiger partial charge is 0.477 e. The number of fused-ring (bicyclic) bond motifs is 2. The van der Waals surface area contributed by atoms with Gasteiger partial charge in [-0.2, -0.15) is 0 Å². The number of aromatic nitrogens is 3. The van der Waals surface area contributed by atoms with Crippen LogP contribution in [0.4, 0.5) is 0 Å². The lowest BCUT2D eigenvalue weighted by atomic mass is 9.77. The minimum atomic E-state index is -1.19. The van der Waals surface area contributed by atoms with Gasteiger partial charge < -0.3 is 20.4 Å². The van der Waals surface area contributed by atoms with Crippen LogP contribution in [0.15, 0.2) is 36.7 Å². The van der Waals surface area contributed by atoms with Crippen molar-refractivity contribution in [1.29, 1.82) is 0 Å². The van der Waals surface area contributed by atoms with Gasteiger partial charge in [0.2, 0.25) is 11.7 Å². The number of β-lactam (4-membered cyclic amide) rings is 1. The highest BCUT2D eigenvalue weighted by Crippen LogP contribution is 2.51. The number of nitrogens with one attached hydrogen (secondary N) is 1. The highest BCUT2D eigenvalue weighted by molar-refractivity contribution is 7.18. The molecule has 0 spiro atoms. The Hall–Kier alpha value is -3.45. The Morgan fingerprint density at radius 3 is 2.74 bits per heavy atom. The number of carboxylic acids is 1. The molecule has 0 bridgehead atoms. The number of amides is 1. The molecule has 0 unspecified atom stereocenters. The molecule has 0 aromatic carbocycles. The van der Waals surface area contributed by atoms with E-state index in [1.807, 2.05) is 13.0 Å². The molecule has 12 heteroatoms. The second-order valence-electron chi connectivity index (χ2n) is 10.2. The van der Waals surface area contributed by atoms with Gasteiger partial charge in [-0.15, -0.1) is 11.3 Å². The maximum absolute atomic E-state index is 13.5. The normalized spacial score (nSPS) is 24.6. The van der Waals surface area contributed by atoms with Gasteiger partial charge in [-0.25, -0.2) is 9.78 Å². The van der Waals surface area contributed by atoms with Crippen LogP contribution >= 0.6 is 11.3 Å². The number of piperazine rings is 1. The van der Waals surface area contributed by atoms with Gasteiger partial charge in [0.25, 0.3) is 0 Å². The van der Waals surface area contributed by atoms with Crippen LogP contribution in [0, 0.1) is 11.8 Å². The molecule has 1 amide bonds. The summed E-state index contributed by atoms with van der Waals surface area (Å²) in [5, 5.41) is 23.4. The summed E-state index contributed by atoms with van der Waals surface area (Å²) in [4.78, 5) is 51.9. The van der Waals surface area contributed by atoms with Crippen LogP contribution in [0.25, 0.3) is 10.4 Å². The summed E-state index contributed by atoms with van der Waals surface area (Å²) in [6.45, 7) is 7.88. The molecule has 3 aliphatic rings. The number of thiazole rings is 1. The Kier molecular flexibility index (Phi) is 6.14. The van der Waals surface area contributed by atoms with E-state index in [0.29, 0.717) is 27.4 Å². The van der Waals surface area contributed by atoms with Crippen molar-refractivity contribution in [3.05, 3.63) is 58.4 Å². The number of aliphatic carboxylic acids is 1. The van der Waals surface area contributed by atoms with Gasteiger partial charge in [-0.3, -0.25) is 23.9 Å². The van der Waals surface area contributed by atoms with Gasteiger partial charge in [0.1, 0.15) is 22.5 Å². The average Bonchev–Trinajstić information content (AvgIpc) is 3.54. The number of nitrogens with zero attached hydrogens (tertiary/aromatic N) is 5. The van der Waals surface area contributed by atoms with E-state index in [9.17, 15) is 24.6 Å². The van der Waals surface area contributed by atoms with Crippen molar-refractivity contribution < 1.29 is 24.6 Å². The molecule has 11 nitrogen and oxygen atoms in total. The Bertz CT molecular complexity index is 1490. The first-order valence-electron chi connectivity index (χ1n) is 12.6. The quantitative estimate of drug-likeness (QED) is 0.299. The van der Waals surface area contributed by atoms with Gasteiger partial charge in [-0.1, -0.05) is 6.92 Å². The molecule has 38 heavy (non-hydrogen) atoms. The fourth-order valence-corrected chi connectivity index (χ4v) is 7.15. The van der Waals surface area contributed by atoms with Crippen molar-refractivity contribution in [3.63, 3.8) is 0 Å². The molecule has 6 rings (SSSR count). The topological polar surface area (TPSA) is 140 Å². The SMILES string of the molecule is C[C@@H](O)[C@H]1C(=O)N2C(C(=O)O)=C(c3cn4cnc(C(=O)c5cncc(CN6CCNCC6)c5)c4s3)[C@H](C)[C@H]12. The molecule has 0 saturated carbocycles. The summed E-state index contributed by atoms with van der Waals surface area (Å²) in [6.07, 6.45) is 5.74. The molecular formula is C26H28N6O5S. The maximum atomic E-state index is 13.5. The predicted octanol–water partition coefficient (Wildman–Crippen LogP) is 1.08. The van der Waals surface area contributed by atoms with E-state index in [-0.39, 0.29) is 29.0 Å². The summed E-state index contributed by atoms with van der Waals surface area (Å²) in [5.41, 5.74) is 2.15. The van der Waals surface area contributed by atoms with Crippen molar-refractivity contribution >= 4 is 39.4 Å². The molecular weight excluding hydrogens is 508 g/mol. The van der Waals surface area contributed by atoms with Gasteiger partial charge in [0.15, 0.2) is 0 Å². The van der Waals surface area contributed by atoms with E-state index in [4.69, 9.17) is 0 Å². The zero-order chi connectivity index (χ0) is 26.7. The Morgan fingerprint density at radius 2 is 2.03 bits per heavy atom. The van der Waals surface area contributed by atoms with E-state index < -0.39 is 24.0 Å². The van der Waals surface area contributed by atoms with Crippen LogP contribution in [-0.4, -0.2) is 90.4 Å². The fourth-order valence-electron chi connectivity index (χ4n) is 5.94. The molecule has 0 radical (unpaired) electrons. The number of carboxylic acid groups (broad SMARTS) is 1. The first kappa shape index (κ1) is 24.9. The number of hydrogen-bond donors (Lipinski definition) is 3. The molecule has 6 heterocycles. The van der Waals surface area contributed by atoms with Gasteiger partial charge in [0, 0.05) is 68.4 Å². The summed E-state index contributed by atoms with van der Waals surface area (Å²) in [6, 6.07) is 1.45. The standard InChI is InChI=1S/C26H28N6O5S/c1-13-18(22(26(36)37)32-21(13)19(14(2)33)24(32)35)17-11-31-12-29-20(25(31)38-17)23(34)16-7-15(8-28-9-16)10-30-5-3-27-4-6-30/h7-9,11-14,19,21,27,33H,3-6,10H2,1-2H3,(H,36,37)/t13-,14+,19+,21+/m0/s1. The zero-order valence-electron chi connectivity index (χ0n) is 21.0. The third-order valence-corrected chi connectivity index (χ3v) is 8.88. The van der Waals surface area contributed by atoms with Crippen molar-refractivity contribution in [2.45, 2.75) is 32.5 Å². The lowest BCUT2D eigenvalue weighted by Gasteiger charge is -2.46. The van der Waals surface area contributed by atoms with E-state index in [2.05, 4.69) is 20.2 Å². The first-order chi connectivity index (χ1) is 18.3. The minimum absolute atomic E-state index is 0.0560. The Labute approximate surface area is 222 Å². The second-order valence-corrected chi connectivity index (χ2v) is 11.2. The number of pyridine rings is 1. The van der Waals surface area contributed by atoms with E-state index >= 15 is 0 Å². The molecule has 3 N–H and O–H groups in total. The number of aliphatic hydroxyl groups is 1. The predicted molar refractivity (Wildman–Crippen MR) is 138 cm³/mol. The Morgan fingerprint density at radius 1 is 1.26 bits per heavy atom. The number of carbonyl (C=O) groups excluding carboxylic acids is 2. The lowest BCUT2D eigenvalue weighted by Crippen LogP contribution is -2.63. The summed E-state index contributed by atoms with van der Waals surface area (Å²) < 4.78 is 1.72. The van der Waals surface area contributed by atoms with Crippen LogP contribution in [-0.2, 0) is 16.1 Å². The highest BCUT2D eigenvalue weighted by Gasteiger charge is 2.60. The van der Waals surface area contributed by atoms with Crippen LogP contribution in [0.5, 0.6) is 0 Å². The minimum Gasteiger partial charge on any atom is -0.477 e. The lowest BCUT2D eigenvalue weighted by molar-refractivity contribution is -0.163. The van der Waals surface area contributed by atoms with E-state index in [1.54, 1.807) is 36.2 Å². The van der Waals surface area contributed by atoms with Crippen molar-refractivity contribution in [2.75, 3.05) is 26.2 Å². The van der Waals surface area contributed by atoms with Gasteiger partial charge in [0.05, 0.1) is 22.9 Å². The third-order valence-electron chi connectivity index (χ3n) is 7.74. The molecule has 2 saturated heterocycles. The summed E-state index contributed by atoms with van der Waals surface area (Å²) in [5.74, 6) is -2.75. The monoisotopic (exact) mass is 536 g/mol. The molecule has 4 atom stereocenters. The van der Waals surface area contributed by atoms with Crippen LogP contribution in [0.3, 0.4) is 0 Å². The average molecular weight is 537 g/mol. The summed E-state index contributed by atoms with van der Waals surface area (Å²) in [7, 11) is 0. The molecule has 3 aromatic rings. The van der Waals surface area contributed by atoms with Crippen LogP contribution in [0.2, 0.25) is 0 Å². The number of hydrogen-bond acceptors (Lipinski definition) is 9. The number of imidazole rings is 1. The first-order valence-corrected chi connectivity index (χ1v) is 13.4. The van der Waals surface area contributed by atoms with E-state index in [0.717, 1.165) is 31.7 Å². The van der Waals surface area contributed by atoms with Gasteiger partial charge in [-0.05, 0) is 18.6 Å². The molecule has 0 aliphatic carbocycles. The number of carbonyl (C=O) groups is 3. The fraction of sp³-hybridized carbons (Fsp3) is 0.423. The Balaban J connectivity index is 1.32. The molecule has 3 aromatic heterocycles. The van der Waals surface area contributed by atoms with Crippen molar-refractivity contribution in [3.8, 4) is 0 Å². The van der Waals surface area contributed by atoms with Gasteiger partial charge >= 0.3 is 5.97 Å². The molecule has 198 valence electrons. The molecule has 3 aliphatic heterocycles. The zero-order valence-corrected chi connectivity index (χ0v) is 21.8. The molecule has 2 fully saturated rings. The van der Waals surface area contributed by atoms with Crippen LogP contribution < -0.4 is 5.32 Å². The number of rotatable bonds is 7. The van der Waals surface area contributed by atoms with E-state index in [1.165, 1.54) is 16.2 Å². The highest BCUT2D eigenvalue weighted by atomic mass is 32.1. The number of ketones is 1. The third kappa shape index (κ3) is 3.87. The van der Waals surface area contributed by atoms with Crippen molar-refractivity contribution in [2.24, 2.45) is 11.8 Å². The smallest absolute Gasteiger partial charge is 0.352 e. The second kappa shape index (κ2) is 9.38. The number of aliphatic hydroxyl groups excluding tert-OH is 1. The summed E-state index contributed by atoms with van der Waals surface area (Å²) >= 11 is 1.27. The maximum Gasteiger partial charge on any atom is 0.352 e. The van der Waals surface area contributed by atoms with Crippen molar-refractivity contribution in [1.82, 2.24) is 29.5 Å². The van der Waals surface area contributed by atoms with Crippen LogP contribution in [0.1, 0.15) is 40.3 Å².